The molecule has 20 heavy (non-hydrogen) atoms. The number of rotatable bonds is 3. The van der Waals surface area contributed by atoms with Gasteiger partial charge in [-0.05, 0) is 73.6 Å². The molecule has 0 aliphatic heterocycles. The standard InChI is InChI=1S/C18H20Cl2/c1-11-9-12(2)14(4)18(13(11)3)17(20)10-15-7-5-6-8-16(15)19/h5-9,17H,10H2,1-4H3. The highest BCUT2D eigenvalue weighted by molar-refractivity contribution is 6.31. The molecule has 0 saturated carbocycles. The third-order valence-corrected chi connectivity index (χ3v) is 4.84. The van der Waals surface area contributed by atoms with Crippen LogP contribution in [0.4, 0.5) is 0 Å². The van der Waals surface area contributed by atoms with Crippen molar-refractivity contribution in [3.05, 3.63) is 68.7 Å². The van der Waals surface area contributed by atoms with Crippen LogP contribution in [0, 0.1) is 27.7 Å². The molecule has 0 aromatic heterocycles. The van der Waals surface area contributed by atoms with Crippen LogP contribution in [-0.2, 0) is 6.42 Å². The van der Waals surface area contributed by atoms with Crippen LogP contribution in [0.25, 0.3) is 0 Å². The van der Waals surface area contributed by atoms with Gasteiger partial charge in [0.1, 0.15) is 0 Å². The molecule has 0 radical (unpaired) electrons. The molecule has 0 N–H and O–H groups in total. The zero-order valence-corrected chi connectivity index (χ0v) is 13.9. The first-order chi connectivity index (χ1) is 9.41. The maximum absolute atomic E-state index is 6.71. The van der Waals surface area contributed by atoms with Gasteiger partial charge in [-0.3, -0.25) is 0 Å². The summed E-state index contributed by atoms with van der Waals surface area (Å²) in [5, 5.41) is 0.742. The fourth-order valence-corrected chi connectivity index (χ4v) is 3.38. The average molecular weight is 307 g/mol. The van der Waals surface area contributed by atoms with Crippen LogP contribution in [0.1, 0.15) is 38.8 Å². The SMILES string of the molecule is Cc1cc(C)c(C)c(C(Cl)Cc2ccccc2Cl)c1C. The Balaban J connectivity index is 2.40. The molecule has 0 saturated heterocycles. The number of hydrogen-bond acceptors (Lipinski definition) is 0. The van der Waals surface area contributed by atoms with Crippen LogP contribution in [0.2, 0.25) is 5.02 Å². The van der Waals surface area contributed by atoms with Crippen LogP contribution in [0.15, 0.2) is 30.3 Å². The number of hydrogen-bond donors (Lipinski definition) is 0. The van der Waals surface area contributed by atoms with E-state index in [4.69, 9.17) is 23.2 Å². The van der Waals surface area contributed by atoms with Crippen LogP contribution in [0.3, 0.4) is 0 Å². The van der Waals surface area contributed by atoms with Crippen LogP contribution >= 0.6 is 23.2 Å². The van der Waals surface area contributed by atoms with E-state index < -0.39 is 0 Å². The summed E-state index contributed by atoms with van der Waals surface area (Å²) in [4.78, 5) is 0. The Morgan fingerprint density at radius 2 is 1.50 bits per heavy atom. The van der Waals surface area contributed by atoms with E-state index in [1.54, 1.807) is 0 Å². The lowest BCUT2D eigenvalue weighted by Gasteiger charge is -2.20. The van der Waals surface area contributed by atoms with Gasteiger partial charge in [0.05, 0.1) is 5.38 Å². The van der Waals surface area contributed by atoms with E-state index in [9.17, 15) is 0 Å². The Morgan fingerprint density at radius 1 is 0.950 bits per heavy atom. The van der Waals surface area contributed by atoms with Gasteiger partial charge in [0.2, 0.25) is 0 Å². The zero-order chi connectivity index (χ0) is 14.9. The minimum atomic E-state index is -0.0477. The molecule has 2 rings (SSSR count). The van der Waals surface area contributed by atoms with E-state index >= 15 is 0 Å². The van der Waals surface area contributed by atoms with E-state index in [0.717, 1.165) is 17.0 Å². The molecule has 0 bridgehead atoms. The van der Waals surface area contributed by atoms with Crippen molar-refractivity contribution in [2.24, 2.45) is 0 Å². The zero-order valence-electron chi connectivity index (χ0n) is 12.4. The molecule has 0 spiro atoms. The van der Waals surface area contributed by atoms with E-state index in [1.165, 1.54) is 27.8 Å². The number of benzene rings is 2. The lowest BCUT2D eigenvalue weighted by molar-refractivity contribution is 0.892. The van der Waals surface area contributed by atoms with Gasteiger partial charge in [-0.25, -0.2) is 0 Å². The Hall–Kier alpha value is -0.980. The van der Waals surface area contributed by atoms with Crippen molar-refractivity contribution < 1.29 is 0 Å². The molecule has 1 unspecified atom stereocenters. The molecule has 2 aromatic rings. The Kier molecular flexibility index (Phi) is 4.78. The minimum Gasteiger partial charge on any atom is -0.117 e. The van der Waals surface area contributed by atoms with Crippen molar-refractivity contribution >= 4 is 23.2 Å². The summed E-state index contributed by atoms with van der Waals surface area (Å²) in [6.45, 7) is 8.59. The Bertz CT molecular complexity index is 603. The lowest BCUT2D eigenvalue weighted by Crippen LogP contribution is -2.05. The third kappa shape index (κ3) is 3.02. The highest BCUT2D eigenvalue weighted by Gasteiger charge is 2.18. The summed E-state index contributed by atoms with van der Waals surface area (Å²) in [5.41, 5.74) is 7.54. The molecule has 1 atom stereocenters. The number of aryl methyl sites for hydroxylation is 2. The van der Waals surface area contributed by atoms with Crippen LogP contribution < -0.4 is 0 Å². The summed E-state index contributed by atoms with van der Waals surface area (Å²) in [6.07, 6.45) is 0.756. The molecule has 0 nitrogen and oxygen atoms in total. The molecule has 0 aliphatic carbocycles. The first-order valence-electron chi connectivity index (χ1n) is 6.86. The molecule has 0 fully saturated rings. The lowest BCUT2D eigenvalue weighted by atomic mass is 9.90. The third-order valence-electron chi connectivity index (χ3n) is 4.09. The molecular formula is C18H20Cl2. The van der Waals surface area contributed by atoms with Gasteiger partial charge in [-0.2, -0.15) is 0 Å². The first kappa shape index (κ1) is 15.4. The van der Waals surface area contributed by atoms with Crippen molar-refractivity contribution in [2.75, 3.05) is 0 Å². The normalized spacial score (nSPS) is 12.5. The molecule has 0 aliphatic rings. The van der Waals surface area contributed by atoms with Crippen molar-refractivity contribution in [3.63, 3.8) is 0 Å². The topological polar surface area (TPSA) is 0 Å². The summed E-state index contributed by atoms with van der Waals surface area (Å²) < 4.78 is 0. The predicted octanol–water partition coefficient (Wildman–Crippen LogP) is 6.10. The second-order valence-electron chi connectivity index (χ2n) is 5.44. The van der Waals surface area contributed by atoms with E-state index in [0.29, 0.717) is 0 Å². The van der Waals surface area contributed by atoms with E-state index in [-0.39, 0.29) is 5.38 Å². The maximum Gasteiger partial charge on any atom is 0.0631 e. The van der Waals surface area contributed by atoms with Gasteiger partial charge in [-0.1, -0.05) is 35.9 Å². The molecule has 0 heterocycles. The smallest absolute Gasteiger partial charge is 0.0631 e. The van der Waals surface area contributed by atoms with Gasteiger partial charge in [0.25, 0.3) is 0 Å². The first-order valence-corrected chi connectivity index (χ1v) is 7.68. The van der Waals surface area contributed by atoms with Gasteiger partial charge in [-0.15, -0.1) is 11.6 Å². The van der Waals surface area contributed by atoms with Gasteiger partial charge < -0.3 is 0 Å². The quantitative estimate of drug-likeness (QED) is 0.601. The molecule has 2 heteroatoms. The van der Waals surface area contributed by atoms with Crippen molar-refractivity contribution in [1.82, 2.24) is 0 Å². The summed E-state index contributed by atoms with van der Waals surface area (Å²) in [7, 11) is 0. The summed E-state index contributed by atoms with van der Waals surface area (Å²) in [5.74, 6) is 0. The van der Waals surface area contributed by atoms with Crippen LogP contribution in [-0.4, -0.2) is 0 Å². The molecule has 2 aromatic carbocycles. The Labute approximate surface area is 131 Å². The largest absolute Gasteiger partial charge is 0.117 e. The number of halogens is 2. The van der Waals surface area contributed by atoms with E-state index in [2.05, 4.69) is 33.8 Å². The fourth-order valence-electron chi connectivity index (χ4n) is 2.68. The summed E-state index contributed by atoms with van der Waals surface area (Å²) >= 11 is 12.9. The second-order valence-corrected chi connectivity index (χ2v) is 6.37. The van der Waals surface area contributed by atoms with Crippen molar-refractivity contribution in [1.29, 1.82) is 0 Å². The fraction of sp³-hybridized carbons (Fsp3) is 0.333. The van der Waals surface area contributed by atoms with Crippen molar-refractivity contribution in [2.45, 2.75) is 39.5 Å². The summed E-state index contributed by atoms with van der Waals surface area (Å²) in [6, 6.07) is 10.1. The average Bonchev–Trinajstić information content (AvgIpc) is 2.39. The number of alkyl halides is 1. The van der Waals surface area contributed by atoms with Gasteiger partial charge in [0.15, 0.2) is 0 Å². The molecular weight excluding hydrogens is 287 g/mol. The minimum absolute atomic E-state index is 0.0477. The van der Waals surface area contributed by atoms with E-state index in [1.807, 2.05) is 24.3 Å². The van der Waals surface area contributed by atoms with Gasteiger partial charge >= 0.3 is 0 Å². The monoisotopic (exact) mass is 306 g/mol. The van der Waals surface area contributed by atoms with Crippen molar-refractivity contribution in [3.8, 4) is 0 Å². The second kappa shape index (κ2) is 6.20. The Morgan fingerprint density at radius 3 is 2.05 bits per heavy atom. The highest BCUT2D eigenvalue weighted by atomic mass is 35.5. The molecule has 0 amide bonds. The maximum atomic E-state index is 6.71. The molecule has 106 valence electrons. The van der Waals surface area contributed by atoms with Crippen LogP contribution in [0.5, 0.6) is 0 Å². The van der Waals surface area contributed by atoms with Gasteiger partial charge in [0, 0.05) is 5.02 Å². The highest BCUT2D eigenvalue weighted by Crippen LogP contribution is 2.34. The predicted molar refractivity (Wildman–Crippen MR) is 89.1 cm³/mol.